The highest BCUT2D eigenvalue weighted by Gasteiger charge is 2.30. The Morgan fingerprint density at radius 1 is 0.326 bits per heavy atom. The zero-order valence-corrected chi connectivity index (χ0v) is 24.2. The van der Waals surface area contributed by atoms with E-state index >= 15 is 0 Å². The second kappa shape index (κ2) is 11.8. The molecule has 7 rings (SSSR count). The molecule has 0 amide bonds. The third kappa shape index (κ3) is 5.29. The number of pyridine rings is 1. The number of hydrogen-bond donors (Lipinski definition) is 0. The molecule has 0 saturated heterocycles. The largest absolute Gasteiger partial charge is 0.227 e. The number of nitrogens with zero attached hydrogens (tertiary/aromatic N) is 1. The summed E-state index contributed by atoms with van der Waals surface area (Å²) < 4.78 is 2.49. The molecule has 0 bridgehead atoms. The second-order valence-corrected chi connectivity index (χ2v) is 10.9. The molecule has 0 N–H and O–H groups in total. The van der Waals surface area contributed by atoms with Crippen LogP contribution in [0.15, 0.2) is 176 Å². The van der Waals surface area contributed by atoms with E-state index in [1.807, 2.05) is 0 Å². The summed E-state index contributed by atoms with van der Waals surface area (Å²) in [5, 5.41) is 0. The van der Waals surface area contributed by atoms with Crippen molar-refractivity contribution in [1.82, 2.24) is 0 Å². The Bertz CT molecular complexity index is 1860. The van der Waals surface area contributed by atoms with Gasteiger partial charge in [0, 0.05) is 23.3 Å². The summed E-state index contributed by atoms with van der Waals surface area (Å²) in [5.41, 5.74) is 14.2. The van der Waals surface area contributed by atoms with Crippen LogP contribution in [-0.2, 0) is 0 Å². The molecule has 1 aromatic heterocycles. The first kappa shape index (κ1) is 26.4. The minimum absolute atomic E-state index is 1.14. The van der Waals surface area contributed by atoms with Crippen molar-refractivity contribution in [2.75, 3.05) is 0 Å². The Balaban J connectivity index is 1.68. The third-order valence-corrected chi connectivity index (χ3v) is 7.96. The summed E-state index contributed by atoms with van der Waals surface area (Å²) in [4.78, 5) is 0. The number of benzene rings is 6. The summed E-state index contributed by atoms with van der Waals surface area (Å²) >= 11 is 0. The molecule has 7 aromatic rings. The van der Waals surface area contributed by atoms with Crippen LogP contribution in [0.3, 0.4) is 0 Å². The molecule has 0 fully saturated rings. The van der Waals surface area contributed by atoms with E-state index < -0.39 is 0 Å². The van der Waals surface area contributed by atoms with Gasteiger partial charge in [-0.25, -0.2) is 0 Å². The van der Waals surface area contributed by atoms with Gasteiger partial charge in [-0.1, -0.05) is 127 Å². The van der Waals surface area contributed by atoms with E-state index in [-0.39, 0.29) is 0 Å². The number of hydrogen-bond acceptors (Lipinski definition) is 0. The molecule has 0 spiro atoms. The van der Waals surface area contributed by atoms with E-state index in [1.54, 1.807) is 0 Å². The van der Waals surface area contributed by atoms with E-state index in [0.29, 0.717) is 0 Å². The van der Waals surface area contributed by atoms with Gasteiger partial charge in [0.15, 0.2) is 0 Å². The maximum absolute atomic E-state index is 2.49. The zero-order chi connectivity index (χ0) is 29.0. The molecule has 43 heavy (non-hydrogen) atoms. The lowest BCUT2D eigenvalue weighted by molar-refractivity contribution is -0.570. The topological polar surface area (TPSA) is 3.88 Å². The van der Waals surface area contributed by atoms with Crippen LogP contribution >= 0.6 is 0 Å². The van der Waals surface area contributed by atoms with Gasteiger partial charge in [0.25, 0.3) is 0 Å². The predicted octanol–water partition coefficient (Wildman–Crippen LogP) is 10.6. The van der Waals surface area contributed by atoms with Crippen molar-refractivity contribution < 1.29 is 4.57 Å². The van der Waals surface area contributed by atoms with Crippen molar-refractivity contribution in [1.29, 1.82) is 0 Å². The molecule has 0 aliphatic carbocycles. The van der Waals surface area contributed by atoms with Gasteiger partial charge in [-0.15, -0.1) is 0 Å². The lowest BCUT2D eigenvalue weighted by atomic mass is 9.91. The molecular weight excluding hydrogens is 518 g/mol. The van der Waals surface area contributed by atoms with Crippen molar-refractivity contribution in [3.63, 3.8) is 0 Å². The maximum atomic E-state index is 2.49. The molecule has 0 atom stereocenters. The number of rotatable bonds is 6. The van der Waals surface area contributed by atoms with Crippen molar-refractivity contribution in [2.45, 2.75) is 6.92 Å². The molecule has 1 heteroatoms. The van der Waals surface area contributed by atoms with Gasteiger partial charge in [-0.05, 0) is 71.1 Å². The second-order valence-electron chi connectivity index (χ2n) is 10.9. The van der Waals surface area contributed by atoms with Gasteiger partial charge >= 0.3 is 0 Å². The quantitative estimate of drug-likeness (QED) is 0.181. The summed E-state index contributed by atoms with van der Waals surface area (Å²) in [5.74, 6) is 0. The summed E-state index contributed by atoms with van der Waals surface area (Å²) in [6.07, 6.45) is 0. The SMILES string of the molecule is Cc1cc(-c2ccccc2)c(-[n+]2c(-c3ccccc3)cc(-c3ccccc3)cc2-c2ccccc2)c(-c2ccccc2)c1. The minimum atomic E-state index is 1.14. The monoisotopic (exact) mass is 550 g/mol. The van der Waals surface area contributed by atoms with E-state index in [4.69, 9.17) is 0 Å². The molecule has 6 aromatic carbocycles. The molecule has 0 unspecified atom stereocenters. The predicted molar refractivity (Wildman–Crippen MR) is 180 cm³/mol. The fourth-order valence-electron chi connectivity index (χ4n) is 5.97. The molecule has 1 nitrogen and oxygen atoms in total. The van der Waals surface area contributed by atoms with Crippen LogP contribution in [0.4, 0.5) is 0 Å². The molecule has 0 saturated carbocycles. The average molecular weight is 551 g/mol. The van der Waals surface area contributed by atoms with Crippen molar-refractivity contribution in [2.24, 2.45) is 0 Å². The average Bonchev–Trinajstić information content (AvgIpc) is 3.09. The molecule has 204 valence electrons. The Morgan fingerprint density at radius 2 is 0.651 bits per heavy atom. The summed E-state index contributed by atoms with van der Waals surface area (Å²) in [7, 11) is 0. The van der Waals surface area contributed by atoms with Crippen LogP contribution in [0.1, 0.15) is 5.56 Å². The standard InChI is InChI=1S/C42H32N/c1-31-27-38(33-19-9-3-10-20-33)42(39(28-31)34-21-11-4-12-22-34)43-40(35-23-13-5-14-24-35)29-37(32-17-7-2-8-18-32)30-41(43)36-25-15-6-16-26-36/h2-30H,1H3/q+1. The van der Waals surface area contributed by atoms with E-state index in [1.165, 1.54) is 44.6 Å². The van der Waals surface area contributed by atoms with Crippen molar-refractivity contribution in [3.05, 3.63) is 181 Å². The highest BCUT2D eigenvalue weighted by molar-refractivity contribution is 5.85. The van der Waals surface area contributed by atoms with Crippen molar-refractivity contribution >= 4 is 0 Å². The Morgan fingerprint density at radius 3 is 1.02 bits per heavy atom. The van der Waals surface area contributed by atoms with Gasteiger partial charge in [-0.3, -0.25) is 0 Å². The first-order valence-electron chi connectivity index (χ1n) is 14.8. The van der Waals surface area contributed by atoms with E-state index in [2.05, 4.69) is 187 Å². The van der Waals surface area contributed by atoms with Crippen LogP contribution in [0.2, 0.25) is 0 Å². The van der Waals surface area contributed by atoms with Crippen LogP contribution in [-0.4, -0.2) is 0 Å². The van der Waals surface area contributed by atoms with Crippen LogP contribution in [0.5, 0.6) is 0 Å². The highest BCUT2D eigenvalue weighted by Crippen LogP contribution is 2.38. The van der Waals surface area contributed by atoms with Crippen LogP contribution in [0, 0.1) is 6.92 Å². The Hall–Kier alpha value is -5.53. The zero-order valence-electron chi connectivity index (χ0n) is 24.2. The minimum Gasteiger partial charge on any atom is -0.152 e. The van der Waals surface area contributed by atoms with Gasteiger partial charge < -0.3 is 0 Å². The summed E-state index contributed by atoms with van der Waals surface area (Å²) in [6, 6.07) is 63.2. The third-order valence-electron chi connectivity index (χ3n) is 7.96. The number of aromatic nitrogens is 1. The maximum Gasteiger partial charge on any atom is 0.227 e. The molecule has 0 radical (unpaired) electrons. The molecule has 0 aliphatic heterocycles. The molecule has 1 heterocycles. The van der Waals surface area contributed by atoms with Crippen molar-refractivity contribution in [3.8, 4) is 61.6 Å². The Kier molecular flexibility index (Phi) is 7.21. The van der Waals surface area contributed by atoms with Gasteiger partial charge in [0.05, 0.1) is 11.1 Å². The summed E-state index contributed by atoms with van der Waals surface area (Å²) in [6.45, 7) is 2.20. The Labute approximate surface area is 254 Å². The first-order chi connectivity index (χ1) is 21.3. The fourth-order valence-corrected chi connectivity index (χ4v) is 5.97. The molecule has 0 aliphatic rings. The number of aryl methyl sites for hydroxylation is 1. The van der Waals surface area contributed by atoms with Gasteiger partial charge in [-0.2, -0.15) is 4.57 Å². The van der Waals surface area contributed by atoms with Crippen LogP contribution < -0.4 is 4.57 Å². The highest BCUT2D eigenvalue weighted by atomic mass is 15.0. The van der Waals surface area contributed by atoms with Gasteiger partial charge in [0.2, 0.25) is 17.1 Å². The van der Waals surface area contributed by atoms with Crippen LogP contribution in [0.25, 0.3) is 61.6 Å². The normalized spacial score (nSPS) is 10.9. The van der Waals surface area contributed by atoms with E-state index in [0.717, 1.165) is 22.5 Å². The lowest BCUT2D eigenvalue weighted by Crippen LogP contribution is -2.38. The fraction of sp³-hybridized carbons (Fsp3) is 0.0238. The molecular formula is C42H32N+. The van der Waals surface area contributed by atoms with E-state index in [9.17, 15) is 0 Å². The first-order valence-corrected chi connectivity index (χ1v) is 14.8. The lowest BCUT2D eigenvalue weighted by Gasteiger charge is -2.18. The smallest absolute Gasteiger partial charge is 0.152 e. The van der Waals surface area contributed by atoms with Gasteiger partial charge in [0.1, 0.15) is 0 Å².